The molecule has 0 aromatic carbocycles. The molecule has 2 rings (SSSR count). The SMILES string of the molecule is CCc1ncnc(N2CC(=O)N(CC)C2)c1F. The van der Waals surface area contributed by atoms with Gasteiger partial charge in [-0.05, 0) is 13.3 Å². The molecule has 0 atom stereocenters. The van der Waals surface area contributed by atoms with Crippen molar-refractivity contribution in [2.75, 3.05) is 24.7 Å². The number of aromatic nitrogens is 2. The molecular weight excluding hydrogens is 223 g/mol. The molecule has 1 aromatic heterocycles. The Kier molecular flexibility index (Phi) is 3.21. The third-order valence-corrected chi connectivity index (χ3v) is 2.88. The lowest BCUT2D eigenvalue weighted by atomic mass is 10.3. The van der Waals surface area contributed by atoms with E-state index in [-0.39, 0.29) is 18.3 Å². The number of rotatable bonds is 3. The van der Waals surface area contributed by atoms with Crippen molar-refractivity contribution in [1.82, 2.24) is 14.9 Å². The molecule has 0 radical (unpaired) electrons. The maximum Gasteiger partial charge on any atom is 0.243 e. The van der Waals surface area contributed by atoms with Crippen LogP contribution in [0.15, 0.2) is 6.33 Å². The first-order chi connectivity index (χ1) is 8.17. The standard InChI is InChI=1S/C11H15FN4O/c1-3-8-10(12)11(14-6-13-8)16-5-9(17)15(4-2)7-16/h6H,3-5,7H2,1-2H3. The molecule has 0 aliphatic carbocycles. The molecule has 1 fully saturated rings. The lowest BCUT2D eigenvalue weighted by molar-refractivity contribution is -0.126. The quantitative estimate of drug-likeness (QED) is 0.781. The highest BCUT2D eigenvalue weighted by molar-refractivity contribution is 5.84. The molecule has 0 saturated carbocycles. The highest BCUT2D eigenvalue weighted by Crippen LogP contribution is 2.21. The van der Waals surface area contributed by atoms with Crippen LogP contribution in [0, 0.1) is 5.82 Å². The van der Waals surface area contributed by atoms with Crippen molar-refractivity contribution in [2.24, 2.45) is 0 Å². The molecule has 0 N–H and O–H groups in total. The monoisotopic (exact) mass is 238 g/mol. The Morgan fingerprint density at radius 3 is 2.76 bits per heavy atom. The van der Waals surface area contributed by atoms with Crippen LogP contribution >= 0.6 is 0 Å². The Balaban J connectivity index is 2.27. The number of amides is 1. The minimum absolute atomic E-state index is 0.00330. The summed E-state index contributed by atoms with van der Waals surface area (Å²) in [4.78, 5) is 22.7. The lowest BCUT2D eigenvalue weighted by Crippen LogP contribution is -2.27. The molecule has 0 bridgehead atoms. The highest BCUT2D eigenvalue weighted by atomic mass is 19.1. The van der Waals surface area contributed by atoms with Gasteiger partial charge in [0, 0.05) is 6.54 Å². The van der Waals surface area contributed by atoms with Crippen molar-refractivity contribution in [1.29, 1.82) is 0 Å². The Bertz CT molecular complexity index is 437. The first kappa shape index (κ1) is 11.8. The normalized spacial score (nSPS) is 15.8. The van der Waals surface area contributed by atoms with Crippen molar-refractivity contribution < 1.29 is 9.18 Å². The molecule has 0 unspecified atom stereocenters. The maximum atomic E-state index is 14.0. The number of halogens is 1. The molecule has 92 valence electrons. The van der Waals surface area contributed by atoms with Gasteiger partial charge < -0.3 is 9.80 Å². The summed E-state index contributed by atoms with van der Waals surface area (Å²) in [6.07, 6.45) is 1.86. The molecule has 2 heterocycles. The molecule has 1 aliphatic rings. The van der Waals surface area contributed by atoms with Crippen LogP contribution in [-0.2, 0) is 11.2 Å². The zero-order valence-electron chi connectivity index (χ0n) is 9.98. The molecule has 17 heavy (non-hydrogen) atoms. The fourth-order valence-corrected chi connectivity index (χ4v) is 1.88. The topological polar surface area (TPSA) is 49.3 Å². The predicted octanol–water partition coefficient (Wildman–Crippen LogP) is 0.804. The van der Waals surface area contributed by atoms with E-state index in [0.29, 0.717) is 25.3 Å². The van der Waals surface area contributed by atoms with E-state index in [1.54, 1.807) is 9.80 Å². The average Bonchev–Trinajstić information content (AvgIpc) is 2.70. The van der Waals surface area contributed by atoms with E-state index in [4.69, 9.17) is 0 Å². The van der Waals surface area contributed by atoms with Gasteiger partial charge >= 0.3 is 0 Å². The van der Waals surface area contributed by atoms with Crippen LogP contribution in [0.4, 0.5) is 10.2 Å². The number of hydrogen-bond donors (Lipinski definition) is 0. The third kappa shape index (κ3) is 2.07. The van der Waals surface area contributed by atoms with E-state index in [2.05, 4.69) is 9.97 Å². The van der Waals surface area contributed by atoms with Gasteiger partial charge in [0.25, 0.3) is 0 Å². The van der Waals surface area contributed by atoms with Crippen molar-refractivity contribution in [2.45, 2.75) is 20.3 Å². The summed E-state index contributed by atoms with van der Waals surface area (Å²) >= 11 is 0. The van der Waals surface area contributed by atoms with E-state index in [1.807, 2.05) is 13.8 Å². The fraction of sp³-hybridized carbons (Fsp3) is 0.545. The van der Waals surface area contributed by atoms with E-state index in [9.17, 15) is 9.18 Å². The van der Waals surface area contributed by atoms with E-state index < -0.39 is 5.82 Å². The summed E-state index contributed by atoms with van der Waals surface area (Å²) < 4.78 is 14.0. The van der Waals surface area contributed by atoms with Gasteiger partial charge in [-0.1, -0.05) is 6.92 Å². The van der Waals surface area contributed by atoms with Crippen LogP contribution in [0.5, 0.6) is 0 Å². The number of carbonyl (C=O) groups is 1. The molecule has 6 heteroatoms. The van der Waals surface area contributed by atoms with Gasteiger partial charge in [0.15, 0.2) is 11.6 Å². The van der Waals surface area contributed by atoms with Crippen molar-refractivity contribution in [3.8, 4) is 0 Å². The fourth-order valence-electron chi connectivity index (χ4n) is 1.88. The summed E-state index contributed by atoms with van der Waals surface area (Å²) in [7, 11) is 0. The van der Waals surface area contributed by atoms with Crippen LogP contribution in [0.1, 0.15) is 19.5 Å². The molecule has 0 spiro atoms. The second kappa shape index (κ2) is 4.65. The zero-order valence-corrected chi connectivity index (χ0v) is 9.98. The van der Waals surface area contributed by atoms with Gasteiger partial charge in [-0.25, -0.2) is 14.4 Å². The molecular formula is C11H15FN4O. The first-order valence-corrected chi connectivity index (χ1v) is 5.69. The van der Waals surface area contributed by atoms with Gasteiger partial charge in [0.2, 0.25) is 5.91 Å². The molecule has 1 amide bonds. The largest absolute Gasteiger partial charge is 0.327 e. The summed E-state index contributed by atoms with van der Waals surface area (Å²) in [6.45, 7) is 4.94. The summed E-state index contributed by atoms with van der Waals surface area (Å²) in [6, 6.07) is 0. The molecule has 5 nitrogen and oxygen atoms in total. The number of anilines is 1. The smallest absolute Gasteiger partial charge is 0.243 e. The van der Waals surface area contributed by atoms with Gasteiger partial charge in [-0.3, -0.25) is 4.79 Å². The number of likely N-dealkylation sites (N-methyl/N-ethyl adjacent to an activating group) is 1. The molecule has 1 aliphatic heterocycles. The van der Waals surface area contributed by atoms with E-state index >= 15 is 0 Å². The van der Waals surface area contributed by atoms with E-state index in [1.165, 1.54) is 6.33 Å². The molecule has 1 aromatic rings. The Morgan fingerprint density at radius 2 is 2.18 bits per heavy atom. The summed E-state index contributed by atoms with van der Waals surface area (Å²) in [5, 5.41) is 0. The number of carbonyl (C=O) groups excluding carboxylic acids is 1. The van der Waals surface area contributed by atoms with Gasteiger partial charge in [-0.2, -0.15) is 0 Å². The summed E-state index contributed by atoms with van der Waals surface area (Å²) in [5.41, 5.74) is 0.386. The van der Waals surface area contributed by atoms with Crippen LogP contribution in [0.2, 0.25) is 0 Å². The van der Waals surface area contributed by atoms with Crippen LogP contribution < -0.4 is 4.90 Å². The number of hydrogen-bond acceptors (Lipinski definition) is 4. The van der Waals surface area contributed by atoms with E-state index in [0.717, 1.165) is 0 Å². The second-order valence-corrected chi connectivity index (χ2v) is 3.90. The van der Waals surface area contributed by atoms with Crippen molar-refractivity contribution in [3.05, 3.63) is 17.8 Å². The van der Waals surface area contributed by atoms with Gasteiger partial charge in [-0.15, -0.1) is 0 Å². The highest BCUT2D eigenvalue weighted by Gasteiger charge is 2.29. The molecule has 1 saturated heterocycles. The first-order valence-electron chi connectivity index (χ1n) is 5.69. The Morgan fingerprint density at radius 1 is 1.41 bits per heavy atom. The third-order valence-electron chi connectivity index (χ3n) is 2.88. The van der Waals surface area contributed by atoms with Crippen LogP contribution in [0.25, 0.3) is 0 Å². The minimum atomic E-state index is -0.416. The van der Waals surface area contributed by atoms with Gasteiger partial charge in [0.1, 0.15) is 12.9 Å². The average molecular weight is 238 g/mol. The van der Waals surface area contributed by atoms with Crippen LogP contribution in [0.3, 0.4) is 0 Å². The summed E-state index contributed by atoms with van der Waals surface area (Å²) in [5.74, 6) is -0.189. The number of nitrogens with zero attached hydrogens (tertiary/aromatic N) is 4. The zero-order chi connectivity index (χ0) is 12.4. The van der Waals surface area contributed by atoms with Crippen molar-refractivity contribution in [3.63, 3.8) is 0 Å². The lowest BCUT2D eigenvalue weighted by Gasteiger charge is -2.18. The Hall–Kier alpha value is -1.72. The second-order valence-electron chi connectivity index (χ2n) is 3.90. The predicted molar refractivity (Wildman–Crippen MR) is 61.0 cm³/mol. The Labute approximate surface area is 99.3 Å². The maximum absolute atomic E-state index is 14.0. The number of aryl methyl sites for hydroxylation is 1. The van der Waals surface area contributed by atoms with Crippen LogP contribution in [-0.4, -0.2) is 40.5 Å². The van der Waals surface area contributed by atoms with Crippen molar-refractivity contribution >= 4 is 11.7 Å². The van der Waals surface area contributed by atoms with Gasteiger partial charge in [0.05, 0.1) is 12.4 Å². The minimum Gasteiger partial charge on any atom is -0.327 e.